The molecule has 1 saturated heterocycles. The zero-order valence-corrected chi connectivity index (χ0v) is 11.1. The van der Waals surface area contributed by atoms with Crippen molar-refractivity contribution in [3.63, 3.8) is 0 Å². The van der Waals surface area contributed by atoms with Crippen molar-refractivity contribution >= 4 is 5.78 Å². The molecular formula is C14H16F3NO2. The molecule has 0 saturated carbocycles. The number of para-hydroxylation sites is 1. The first-order chi connectivity index (χ1) is 9.42. The van der Waals surface area contributed by atoms with Crippen LogP contribution in [0.25, 0.3) is 0 Å². The first kappa shape index (κ1) is 14.8. The SMILES string of the molecule is CCOc1ccccc1C(=O)C1(C(F)(F)F)CCNC1. The first-order valence-electron chi connectivity index (χ1n) is 6.46. The molecule has 1 aliphatic heterocycles. The number of carbonyl (C=O) groups is 1. The highest BCUT2D eigenvalue weighted by molar-refractivity contribution is 6.03. The predicted octanol–water partition coefficient (Wildman–Crippen LogP) is 2.81. The van der Waals surface area contributed by atoms with Crippen LogP contribution < -0.4 is 10.1 Å². The molecule has 20 heavy (non-hydrogen) atoms. The van der Waals surface area contributed by atoms with Crippen LogP contribution in [-0.4, -0.2) is 31.7 Å². The summed E-state index contributed by atoms with van der Waals surface area (Å²) >= 11 is 0. The molecule has 0 aliphatic carbocycles. The lowest BCUT2D eigenvalue weighted by atomic mass is 9.78. The summed E-state index contributed by atoms with van der Waals surface area (Å²) in [6.07, 6.45) is -4.82. The van der Waals surface area contributed by atoms with Gasteiger partial charge in [0.25, 0.3) is 0 Å². The Morgan fingerprint density at radius 1 is 1.40 bits per heavy atom. The topological polar surface area (TPSA) is 38.3 Å². The number of carbonyl (C=O) groups excluding carboxylic acids is 1. The molecule has 1 unspecified atom stereocenters. The van der Waals surface area contributed by atoms with Gasteiger partial charge in [-0.15, -0.1) is 0 Å². The van der Waals surface area contributed by atoms with Gasteiger partial charge in [-0.1, -0.05) is 12.1 Å². The molecule has 110 valence electrons. The second kappa shape index (κ2) is 5.44. The summed E-state index contributed by atoms with van der Waals surface area (Å²) in [5.74, 6) is -0.713. The van der Waals surface area contributed by atoms with Gasteiger partial charge in [-0.25, -0.2) is 0 Å². The molecule has 6 heteroatoms. The van der Waals surface area contributed by atoms with Gasteiger partial charge in [-0.2, -0.15) is 13.2 Å². The Balaban J connectivity index is 2.44. The lowest BCUT2D eigenvalue weighted by molar-refractivity contribution is -0.197. The highest BCUT2D eigenvalue weighted by Gasteiger charge is 2.61. The quantitative estimate of drug-likeness (QED) is 0.865. The maximum atomic E-state index is 13.4. The van der Waals surface area contributed by atoms with E-state index in [0.717, 1.165) is 0 Å². The third kappa shape index (κ3) is 2.40. The van der Waals surface area contributed by atoms with Gasteiger partial charge in [-0.05, 0) is 32.0 Å². The smallest absolute Gasteiger partial charge is 0.402 e. The van der Waals surface area contributed by atoms with E-state index in [0.29, 0.717) is 6.61 Å². The molecule has 0 spiro atoms. The molecule has 1 N–H and O–H groups in total. The van der Waals surface area contributed by atoms with Gasteiger partial charge >= 0.3 is 6.18 Å². The number of hydrogen-bond acceptors (Lipinski definition) is 3. The summed E-state index contributed by atoms with van der Waals surface area (Å²) in [6, 6.07) is 6.08. The van der Waals surface area contributed by atoms with E-state index in [1.54, 1.807) is 19.1 Å². The van der Waals surface area contributed by atoms with Gasteiger partial charge < -0.3 is 10.1 Å². The number of ether oxygens (including phenoxy) is 1. The van der Waals surface area contributed by atoms with Crippen molar-refractivity contribution in [2.24, 2.45) is 5.41 Å². The fourth-order valence-corrected chi connectivity index (χ4v) is 2.45. The van der Waals surface area contributed by atoms with Gasteiger partial charge in [-0.3, -0.25) is 4.79 Å². The van der Waals surface area contributed by atoms with E-state index < -0.39 is 17.4 Å². The molecule has 0 aromatic heterocycles. The lowest BCUT2D eigenvalue weighted by Gasteiger charge is -2.29. The van der Waals surface area contributed by atoms with Crippen molar-refractivity contribution in [3.05, 3.63) is 29.8 Å². The van der Waals surface area contributed by atoms with E-state index in [-0.39, 0.29) is 30.8 Å². The number of alkyl halides is 3. The van der Waals surface area contributed by atoms with Crippen LogP contribution in [0, 0.1) is 5.41 Å². The molecule has 1 fully saturated rings. The average Bonchev–Trinajstić information content (AvgIpc) is 2.89. The molecule has 3 nitrogen and oxygen atoms in total. The van der Waals surface area contributed by atoms with Gasteiger partial charge in [0, 0.05) is 6.54 Å². The maximum absolute atomic E-state index is 13.4. The predicted molar refractivity (Wildman–Crippen MR) is 67.9 cm³/mol. The van der Waals surface area contributed by atoms with E-state index in [4.69, 9.17) is 4.74 Å². The summed E-state index contributed by atoms with van der Waals surface area (Å²) in [5, 5.41) is 2.64. The Morgan fingerprint density at radius 3 is 2.65 bits per heavy atom. The van der Waals surface area contributed by atoms with Gasteiger partial charge in [0.05, 0.1) is 12.2 Å². The highest BCUT2D eigenvalue weighted by Crippen LogP contribution is 2.46. The maximum Gasteiger partial charge on any atom is 0.402 e. The Hall–Kier alpha value is -1.56. The van der Waals surface area contributed by atoms with Crippen LogP contribution in [-0.2, 0) is 0 Å². The van der Waals surface area contributed by atoms with E-state index in [1.165, 1.54) is 12.1 Å². The number of rotatable bonds is 4. The normalized spacial score (nSPS) is 22.8. The minimum Gasteiger partial charge on any atom is -0.493 e. The first-order valence-corrected chi connectivity index (χ1v) is 6.46. The number of hydrogen-bond donors (Lipinski definition) is 1. The standard InChI is InChI=1S/C14H16F3NO2/c1-2-20-11-6-4-3-5-10(11)12(19)13(14(15,16)17)7-8-18-9-13/h3-6,18H,2,7-9H2,1H3. The Labute approximate surface area is 115 Å². The molecule has 0 amide bonds. The third-order valence-electron chi connectivity index (χ3n) is 3.56. The second-order valence-corrected chi connectivity index (χ2v) is 4.76. The van der Waals surface area contributed by atoms with E-state index >= 15 is 0 Å². The summed E-state index contributed by atoms with van der Waals surface area (Å²) in [7, 11) is 0. The molecule has 0 bridgehead atoms. The Kier molecular flexibility index (Phi) is 4.04. The zero-order chi connectivity index (χ0) is 14.8. The van der Waals surface area contributed by atoms with Crippen molar-refractivity contribution in [1.82, 2.24) is 5.32 Å². The summed E-state index contributed by atoms with van der Waals surface area (Å²) < 4.78 is 45.4. The van der Waals surface area contributed by atoms with Crippen molar-refractivity contribution in [3.8, 4) is 5.75 Å². The minimum atomic E-state index is -4.58. The van der Waals surface area contributed by atoms with Crippen LogP contribution in [0.2, 0.25) is 0 Å². The summed E-state index contributed by atoms with van der Waals surface area (Å²) in [5.41, 5.74) is -2.35. The Bertz CT molecular complexity index is 493. The summed E-state index contributed by atoms with van der Waals surface area (Å²) in [6.45, 7) is 1.82. The fourth-order valence-electron chi connectivity index (χ4n) is 2.45. The summed E-state index contributed by atoms with van der Waals surface area (Å²) in [4.78, 5) is 12.5. The van der Waals surface area contributed by atoms with E-state index in [2.05, 4.69) is 5.32 Å². The number of Topliss-reactive ketones (excluding diaryl/α,β-unsaturated/α-hetero) is 1. The monoisotopic (exact) mass is 287 g/mol. The largest absolute Gasteiger partial charge is 0.493 e. The molecule has 2 rings (SSSR count). The van der Waals surface area contributed by atoms with Crippen LogP contribution in [0.3, 0.4) is 0 Å². The lowest BCUT2D eigenvalue weighted by Crippen LogP contribution is -2.46. The van der Waals surface area contributed by atoms with Gasteiger partial charge in [0.15, 0.2) is 5.78 Å². The average molecular weight is 287 g/mol. The third-order valence-corrected chi connectivity index (χ3v) is 3.56. The number of halogens is 3. The van der Waals surface area contributed by atoms with Crippen molar-refractivity contribution in [1.29, 1.82) is 0 Å². The molecule has 1 heterocycles. The van der Waals surface area contributed by atoms with Gasteiger partial charge in [0.1, 0.15) is 11.2 Å². The van der Waals surface area contributed by atoms with Crippen LogP contribution in [0.1, 0.15) is 23.7 Å². The van der Waals surface area contributed by atoms with Crippen LogP contribution in [0.5, 0.6) is 5.75 Å². The second-order valence-electron chi connectivity index (χ2n) is 4.76. The van der Waals surface area contributed by atoms with E-state index in [9.17, 15) is 18.0 Å². The van der Waals surface area contributed by atoms with E-state index in [1.807, 2.05) is 0 Å². The van der Waals surface area contributed by atoms with Crippen molar-refractivity contribution in [2.75, 3.05) is 19.7 Å². The van der Waals surface area contributed by atoms with Crippen LogP contribution >= 0.6 is 0 Å². The highest BCUT2D eigenvalue weighted by atomic mass is 19.4. The van der Waals surface area contributed by atoms with Crippen LogP contribution in [0.15, 0.2) is 24.3 Å². The molecule has 1 aliphatic rings. The molecule has 0 radical (unpaired) electrons. The van der Waals surface area contributed by atoms with Crippen molar-refractivity contribution < 1.29 is 22.7 Å². The minimum absolute atomic E-state index is 0.00428. The Morgan fingerprint density at radius 2 is 2.10 bits per heavy atom. The number of nitrogens with one attached hydrogen (secondary N) is 1. The van der Waals surface area contributed by atoms with Gasteiger partial charge in [0.2, 0.25) is 0 Å². The zero-order valence-electron chi connectivity index (χ0n) is 11.1. The molecule has 1 atom stereocenters. The number of ketones is 1. The van der Waals surface area contributed by atoms with Crippen LogP contribution in [0.4, 0.5) is 13.2 Å². The fraction of sp³-hybridized carbons (Fsp3) is 0.500. The molecule has 1 aromatic carbocycles. The number of benzene rings is 1. The van der Waals surface area contributed by atoms with Crippen molar-refractivity contribution in [2.45, 2.75) is 19.5 Å². The molecule has 1 aromatic rings. The molecular weight excluding hydrogens is 271 g/mol.